The highest BCUT2D eigenvalue weighted by atomic mass is 15.2. The van der Waals surface area contributed by atoms with Crippen molar-refractivity contribution in [3.63, 3.8) is 0 Å². The van der Waals surface area contributed by atoms with Gasteiger partial charge in [0.15, 0.2) is 0 Å². The first-order valence-electron chi connectivity index (χ1n) is 7.68. The third kappa shape index (κ3) is 2.27. The van der Waals surface area contributed by atoms with E-state index in [2.05, 4.69) is 80.8 Å². The van der Waals surface area contributed by atoms with Gasteiger partial charge in [-0.1, -0.05) is 62.9 Å². The number of benzene rings is 2. The van der Waals surface area contributed by atoms with Gasteiger partial charge in [-0.25, -0.2) is 0 Å². The Bertz CT molecular complexity index is 667. The number of rotatable bonds is 3. The lowest BCUT2D eigenvalue weighted by molar-refractivity contribution is 0.636. The lowest BCUT2D eigenvalue weighted by atomic mass is 9.83. The summed E-state index contributed by atoms with van der Waals surface area (Å²) in [4.78, 5) is 2.33. The van der Waals surface area contributed by atoms with Gasteiger partial charge in [-0.2, -0.15) is 0 Å². The summed E-state index contributed by atoms with van der Waals surface area (Å²) in [5.74, 6) is 0. The molecule has 1 heteroatoms. The van der Waals surface area contributed by atoms with Crippen LogP contribution in [0.4, 0.5) is 5.69 Å². The van der Waals surface area contributed by atoms with Crippen molar-refractivity contribution < 1.29 is 0 Å². The van der Waals surface area contributed by atoms with Crippen molar-refractivity contribution in [3.05, 3.63) is 77.5 Å². The van der Waals surface area contributed by atoms with Crippen LogP contribution in [0.2, 0.25) is 0 Å². The second kappa shape index (κ2) is 5.07. The molecule has 0 saturated heterocycles. The first-order valence-corrected chi connectivity index (χ1v) is 7.68. The molecule has 0 atom stereocenters. The SMILES string of the molecule is C=C1N(CC)c2ccc(Cc3ccccc3)cc2C1(C)C. The largest absolute Gasteiger partial charge is 0.345 e. The third-order valence-electron chi connectivity index (χ3n) is 4.64. The summed E-state index contributed by atoms with van der Waals surface area (Å²) in [7, 11) is 0. The molecule has 2 aromatic rings. The maximum atomic E-state index is 4.31. The molecular formula is C20H23N. The first-order chi connectivity index (χ1) is 10.0. The van der Waals surface area contributed by atoms with E-state index in [4.69, 9.17) is 0 Å². The predicted molar refractivity (Wildman–Crippen MR) is 90.9 cm³/mol. The highest BCUT2D eigenvalue weighted by Gasteiger charge is 2.38. The Kier molecular flexibility index (Phi) is 3.36. The maximum Gasteiger partial charge on any atom is 0.0450 e. The Labute approximate surface area is 127 Å². The van der Waals surface area contributed by atoms with Crippen LogP contribution in [-0.4, -0.2) is 6.54 Å². The molecule has 1 heterocycles. The molecule has 0 amide bonds. The minimum atomic E-state index is 0.0258. The van der Waals surface area contributed by atoms with Crippen molar-refractivity contribution in [1.29, 1.82) is 0 Å². The molecule has 1 aliphatic heterocycles. The van der Waals surface area contributed by atoms with Crippen LogP contribution in [0.3, 0.4) is 0 Å². The summed E-state index contributed by atoms with van der Waals surface area (Å²) >= 11 is 0. The molecule has 1 nitrogen and oxygen atoms in total. The fourth-order valence-electron chi connectivity index (χ4n) is 3.26. The van der Waals surface area contributed by atoms with Gasteiger partial charge in [-0.15, -0.1) is 0 Å². The fourth-order valence-corrected chi connectivity index (χ4v) is 3.26. The normalized spacial score (nSPS) is 16.1. The zero-order valence-electron chi connectivity index (χ0n) is 13.2. The van der Waals surface area contributed by atoms with Crippen molar-refractivity contribution in [2.75, 3.05) is 11.4 Å². The van der Waals surface area contributed by atoms with Crippen LogP contribution >= 0.6 is 0 Å². The van der Waals surface area contributed by atoms with E-state index in [9.17, 15) is 0 Å². The Morgan fingerprint density at radius 3 is 2.38 bits per heavy atom. The molecule has 0 spiro atoms. The van der Waals surface area contributed by atoms with Gasteiger partial charge in [-0.05, 0) is 36.1 Å². The van der Waals surface area contributed by atoms with Gasteiger partial charge in [0.25, 0.3) is 0 Å². The Morgan fingerprint density at radius 1 is 1.00 bits per heavy atom. The highest BCUT2D eigenvalue weighted by molar-refractivity contribution is 5.70. The topological polar surface area (TPSA) is 3.24 Å². The molecule has 0 radical (unpaired) electrons. The third-order valence-corrected chi connectivity index (χ3v) is 4.64. The minimum absolute atomic E-state index is 0.0258. The standard InChI is InChI=1S/C20H23N/c1-5-21-15(2)20(3,4)18-14-17(11-12-19(18)21)13-16-9-7-6-8-10-16/h6-12,14H,2,5,13H2,1,3-4H3. The first kappa shape index (κ1) is 13.9. The summed E-state index contributed by atoms with van der Waals surface area (Å²) in [6, 6.07) is 17.5. The molecule has 0 N–H and O–H groups in total. The number of hydrogen-bond donors (Lipinski definition) is 0. The van der Waals surface area contributed by atoms with Crippen LogP contribution in [0.5, 0.6) is 0 Å². The molecule has 1 aliphatic rings. The second-order valence-electron chi connectivity index (χ2n) is 6.33. The van der Waals surface area contributed by atoms with Gasteiger partial charge < -0.3 is 4.90 Å². The van der Waals surface area contributed by atoms with E-state index in [0.717, 1.165) is 13.0 Å². The van der Waals surface area contributed by atoms with Crippen LogP contribution in [0.1, 0.15) is 37.5 Å². The monoisotopic (exact) mass is 277 g/mol. The average Bonchev–Trinajstić information content (AvgIpc) is 2.68. The number of hydrogen-bond acceptors (Lipinski definition) is 1. The Balaban J connectivity index is 1.99. The lowest BCUT2D eigenvalue weighted by Gasteiger charge is -2.24. The van der Waals surface area contributed by atoms with Gasteiger partial charge in [0.1, 0.15) is 0 Å². The van der Waals surface area contributed by atoms with Crippen molar-refractivity contribution in [2.24, 2.45) is 0 Å². The summed E-state index contributed by atoms with van der Waals surface area (Å²) in [5, 5.41) is 0. The lowest BCUT2D eigenvalue weighted by Crippen LogP contribution is -2.24. The quantitative estimate of drug-likeness (QED) is 0.770. The molecule has 0 aromatic heterocycles. The molecule has 0 fully saturated rings. The van der Waals surface area contributed by atoms with Crippen molar-refractivity contribution in [3.8, 4) is 0 Å². The zero-order chi connectivity index (χ0) is 15.0. The van der Waals surface area contributed by atoms with Crippen LogP contribution < -0.4 is 4.90 Å². The minimum Gasteiger partial charge on any atom is -0.345 e. The van der Waals surface area contributed by atoms with Gasteiger partial charge in [0.2, 0.25) is 0 Å². The summed E-state index contributed by atoms with van der Waals surface area (Å²) in [6.45, 7) is 12.0. The van der Waals surface area contributed by atoms with E-state index >= 15 is 0 Å². The summed E-state index contributed by atoms with van der Waals surface area (Å²) in [5.41, 5.74) is 6.69. The van der Waals surface area contributed by atoms with Crippen LogP contribution in [0.25, 0.3) is 0 Å². The van der Waals surface area contributed by atoms with Crippen molar-refractivity contribution in [2.45, 2.75) is 32.6 Å². The van der Waals surface area contributed by atoms with E-state index in [1.165, 1.54) is 28.1 Å². The molecule has 21 heavy (non-hydrogen) atoms. The molecule has 0 bridgehead atoms. The molecule has 0 saturated carbocycles. The van der Waals surface area contributed by atoms with E-state index in [1.807, 2.05) is 0 Å². The number of nitrogens with zero attached hydrogens (tertiary/aromatic N) is 1. The molecule has 0 unspecified atom stereocenters. The van der Waals surface area contributed by atoms with Gasteiger partial charge in [-0.3, -0.25) is 0 Å². The number of allylic oxidation sites excluding steroid dienone is 1. The van der Waals surface area contributed by atoms with Crippen LogP contribution in [0, 0.1) is 0 Å². The number of fused-ring (bicyclic) bond motifs is 1. The second-order valence-corrected chi connectivity index (χ2v) is 6.33. The van der Waals surface area contributed by atoms with Gasteiger partial charge >= 0.3 is 0 Å². The van der Waals surface area contributed by atoms with Crippen molar-refractivity contribution >= 4 is 5.69 Å². The van der Waals surface area contributed by atoms with Gasteiger partial charge in [0, 0.05) is 23.3 Å². The number of likely N-dealkylation sites (N-methyl/N-ethyl adjacent to an activating group) is 1. The van der Waals surface area contributed by atoms with Gasteiger partial charge in [0.05, 0.1) is 0 Å². The van der Waals surface area contributed by atoms with Crippen LogP contribution in [-0.2, 0) is 11.8 Å². The fraction of sp³-hybridized carbons (Fsp3) is 0.300. The Hall–Kier alpha value is -2.02. The zero-order valence-corrected chi connectivity index (χ0v) is 13.2. The maximum absolute atomic E-state index is 4.31. The van der Waals surface area contributed by atoms with Crippen LogP contribution in [0.15, 0.2) is 60.8 Å². The highest BCUT2D eigenvalue weighted by Crippen LogP contribution is 2.47. The smallest absolute Gasteiger partial charge is 0.0450 e. The molecule has 3 rings (SSSR count). The molecule has 108 valence electrons. The van der Waals surface area contributed by atoms with E-state index < -0.39 is 0 Å². The Morgan fingerprint density at radius 2 is 1.71 bits per heavy atom. The average molecular weight is 277 g/mol. The number of anilines is 1. The van der Waals surface area contributed by atoms with E-state index in [0.29, 0.717) is 0 Å². The summed E-state index contributed by atoms with van der Waals surface area (Å²) in [6.07, 6.45) is 0.989. The van der Waals surface area contributed by atoms with E-state index in [-0.39, 0.29) is 5.41 Å². The predicted octanol–water partition coefficient (Wildman–Crippen LogP) is 4.91. The van der Waals surface area contributed by atoms with E-state index in [1.54, 1.807) is 0 Å². The molecule has 2 aromatic carbocycles. The summed E-state index contributed by atoms with van der Waals surface area (Å²) < 4.78 is 0. The molecule has 0 aliphatic carbocycles. The molecular weight excluding hydrogens is 254 g/mol. The van der Waals surface area contributed by atoms with Crippen molar-refractivity contribution in [1.82, 2.24) is 0 Å².